The summed E-state index contributed by atoms with van der Waals surface area (Å²) in [4.78, 5) is 55.5. The molecule has 0 aliphatic heterocycles. The first kappa shape index (κ1) is 41.2. The monoisotopic (exact) mass is 754 g/mol. The number of carboxylic acid groups (broad SMARTS) is 1. The molecule has 0 radical (unpaired) electrons. The second kappa shape index (κ2) is 19.4. The average Bonchev–Trinajstić information content (AvgIpc) is 3.13. The number of carbonyl (C=O) groups is 4. The molecule has 4 aromatic rings. The predicted molar refractivity (Wildman–Crippen MR) is 171 cm³/mol. The Hall–Kier alpha value is -6.22. The van der Waals surface area contributed by atoms with Crippen LogP contribution in [0.4, 0.5) is 49.1 Å². The van der Waals surface area contributed by atoms with Crippen molar-refractivity contribution in [1.29, 1.82) is 0 Å². The normalized spacial score (nSPS) is 10.4. The molecule has 0 heterocycles. The summed E-state index contributed by atoms with van der Waals surface area (Å²) in [7, 11) is 1.12. The second-order valence-corrected chi connectivity index (χ2v) is 10.0. The number of aromatic carboxylic acids is 1. The number of ether oxygens (including phenoxy) is 1. The molecule has 53 heavy (non-hydrogen) atoms. The summed E-state index contributed by atoms with van der Waals surface area (Å²) >= 11 is 0. The zero-order valence-electron chi connectivity index (χ0n) is 27.1. The molecular weight excluding hydrogens is 726 g/mol. The number of aliphatic hydroxyl groups excluding tert-OH is 2. The highest BCUT2D eigenvalue weighted by Gasteiger charge is 2.22. The highest BCUT2D eigenvalue weighted by atomic mass is 19.2. The summed E-state index contributed by atoms with van der Waals surface area (Å²) < 4.78 is 88.1. The molecule has 0 spiro atoms. The molecule has 0 bridgehead atoms. The molecule has 20 heteroatoms. The number of methoxy groups -OCH3 is 1. The highest BCUT2D eigenvalue weighted by molar-refractivity contribution is 6.01. The van der Waals surface area contributed by atoms with Gasteiger partial charge in [0.2, 0.25) is 0 Å². The summed E-state index contributed by atoms with van der Waals surface area (Å²) in [5.41, 5.74) is 0.663. The van der Waals surface area contributed by atoms with Crippen molar-refractivity contribution in [3.05, 3.63) is 118 Å². The Balaban J connectivity index is 0.000000286. The number of amides is 2. The number of hydrogen-bond acceptors (Lipinski definition) is 11. The maximum Gasteiger partial charge on any atom is 0.337 e. The van der Waals surface area contributed by atoms with Crippen molar-refractivity contribution >= 4 is 46.5 Å². The van der Waals surface area contributed by atoms with E-state index in [2.05, 4.69) is 25.0 Å². The van der Waals surface area contributed by atoms with Gasteiger partial charge in [0, 0.05) is 0 Å². The smallest absolute Gasteiger partial charge is 0.337 e. The number of halogens is 6. The van der Waals surface area contributed by atoms with Crippen LogP contribution in [0.1, 0.15) is 41.4 Å². The second-order valence-electron chi connectivity index (χ2n) is 10.0. The first-order chi connectivity index (χ1) is 25.2. The number of hydrogen-bond donors (Lipinski definition) is 7. The van der Waals surface area contributed by atoms with E-state index >= 15 is 0 Å². The van der Waals surface area contributed by atoms with E-state index in [1.54, 1.807) is 0 Å². The van der Waals surface area contributed by atoms with Gasteiger partial charge in [0.15, 0.2) is 23.3 Å². The number of esters is 1. The van der Waals surface area contributed by atoms with Crippen LogP contribution < -0.4 is 21.6 Å². The Morgan fingerprint density at radius 3 is 1.40 bits per heavy atom. The lowest BCUT2D eigenvalue weighted by Crippen LogP contribution is -2.26. The lowest BCUT2D eigenvalue weighted by Gasteiger charge is -2.14. The van der Waals surface area contributed by atoms with E-state index in [1.807, 2.05) is 11.0 Å². The zero-order valence-corrected chi connectivity index (χ0v) is 27.1. The van der Waals surface area contributed by atoms with E-state index in [0.717, 1.165) is 49.6 Å². The fraction of sp³-hybridized carbons (Fsp3) is 0.152. The van der Waals surface area contributed by atoms with E-state index in [0.29, 0.717) is 12.1 Å². The number of anilines is 4. The van der Waals surface area contributed by atoms with Crippen LogP contribution in [0.15, 0.2) is 60.7 Å². The Morgan fingerprint density at radius 1 is 0.604 bits per heavy atom. The van der Waals surface area contributed by atoms with Crippen molar-refractivity contribution in [2.45, 2.75) is 0 Å². The highest BCUT2D eigenvalue weighted by Crippen LogP contribution is 2.30. The molecule has 0 saturated heterocycles. The molecule has 0 unspecified atom stereocenters. The Bertz CT molecular complexity index is 1990. The largest absolute Gasteiger partial charge is 0.478 e. The molecule has 282 valence electrons. The van der Waals surface area contributed by atoms with E-state index < -0.39 is 75.6 Å². The summed E-state index contributed by atoms with van der Waals surface area (Å²) in [5, 5.41) is 30.6. The first-order valence-corrected chi connectivity index (χ1v) is 14.7. The Morgan fingerprint density at radius 2 is 1.02 bits per heavy atom. The molecule has 0 aliphatic carbocycles. The number of benzene rings is 4. The number of carboxylic acids is 1. The minimum Gasteiger partial charge on any atom is -0.478 e. The zero-order chi connectivity index (χ0) is 39.2. The number of rotatable bonds is 14. The number of aliphatic hydroxyl groups is 2. The van der Waals surface area contributed by atoms with Crippen LogP contribution >= 0.6 is 0 Å². The molecule has 0 aromatic heterocycles. The molecule has 4 aromatic carbocycles. The van der Waals surface area contributed by atoms with Gasteiger partial charge >= 0.3 is 11.9 Å². The quantitative estimate of drug-likeness (QED) is 0.0412. The number of hydroxylamine groups is 2. The van der Waals surface area contributed by atoms with Gasteiger partial charge < -0.3 is 30.7 Å². The van der Waals surface area contributed by atoms with Gasteiger partial charge in [-0.25, -0.2) is 46.9 Å². The van der Waals surface area contributed by atoms with E-state index in [4.69, 9.17) is 15.3 Å². The molecule has 0 atom stereocenters. The van der Waals surface area contributed by atoms with Crippen molar-refractivity contribution < 1.29 is 75.3 Å². The summed E-state index contributed by atoms with van der Waals surface area (Å²) in [5.74, 6) is -11.5. The topological polar surface area (TPSA) is 205 Å². The molecule has 0 saturated carbocycles. The third-order valence-corrected chi connectivity index (χ3v) is 6.52. The maximum absolute atomic E-state index is 14.2. The van der Waals surface area contributed by atoms with Crippen LogP contribution in [0, 0.1) is 34.9 Å². The summed E-state index contributed by atoms with van der Waals surface area (Å²) in [6, 6.07) is 9.24. The third kappa shape index (κ3) is 10.9. The maximum atomic E-state index is 14.2. The minimum atomic E-state index is -1.44. The average molecular weight is 755 g/mol. The fourth-order valence-electron chi connectivity index (χ4n) is 4.04. The molecule has 2 amide bonds. The van der Waals surface area contributed by atoms with Gasteiger partial charge in [0.05, 0.1) is 78.5 Å². The van der Waals surface area contributed by atoms with Crippen LogP contribution in [-0.2, 0) is 14.4 Å². The fourth-order valence-corrected chi connectivity index (χ4v) is 4.04. The lowest BCUT2D eigenvalue weighted by atomic mass is 10.1. The standard InChI is InChI=1S/C17H15F3N2O5.C16H13F3N2O5/c1-26-17(25)9-2-5-13(12(19)8-9)21-15-10(3-4-11(18)14(15)20)16(24)22-27-7-6-23;17-10-3-2-9(15(23)21-26-6-5-22)14(13(10)19)20-12-4-1-8(16(24)25)7-11(12)18/h2-5,8,21,23H,6-7H2,1H3,(H,22,24);1-4,7,20,22H,5-6H2,(H,21,23)(H,24,25). The van der Waals surface area contributed by atoms with Crippen molar-refractivity contribution in [3.8, 4) is 0 Å². The van der Waals surface area contributed by atoms with Gasteiger partial charge in [0.1, 0.15) is 11.6 Å². The van der Waals surface area contributed by atoms with Crippen molar-refractivity contribution in [2.75, 3.05) is 44.2 Å². The van der Waals surface area contributed by atoms with Gasteiger partial charge in [-0.3, -0.25) is 19.3 Å². The molecule has 7 N–H and O–H groups in total. The van der Waals surface area contributed by atoms with Crippen molar-refractivity contribution in [2.24, 2.45) is 0 Å². The SMILES string of the molecule is COC(=O)c1ccc(Nc2c(C(=O)NOCCO)ccc(F)c2F)c(F)c1.O=C(O)c1ccc(Nc2c(C(=O)NOCCO)ccc(F)c2F)c(F)c1. The van der Waals surface area contributed by atoms with E-state index in [-0.39, 0.29) is 54.5 Å². The lowest BCUT2D eigenvalue weighted by molar-refractivity contribution is 0.0166. The predicted octanol–water partition coefficient (Wildman–Crippen LogP) is 4.49. The van der Waals surface area contributed by atoms with Gasteiger partial charge in [-0.2, -0.15) is 0 Å². The van der Waals surface area contributed by atoms with E-state index in [9.17, 15) is 45.5 Å². The summed E-state index contributed by atoms with van der Waals surface area (Å²) in [6.45, 7) is -1.21. The molecule has 0 aliphatic rings. The van der Waals surface area contributed by atoms with Crippen LogP contribution in [0.5, 0.6) is 0 Å². The molecule has 4 rings (SSSR count). The number of carbonyl (C=O) groups excluding carboxylic acids is 3. The van der Waals surface area contributed by atoms with Gasteiger partial charge in [-0.05, 0) is 60.7 Å². The van der Waals surface area contributed by atoms with Crippen molar-refractivity contribution in [3.63, 3.8) is 0 Å². The van der Waals surface area contributed by atoms with Gasteiger partial charge in [-0.15, -0.1) is 0 Å². The molecule has 0 fully saturated rings. The summed E-state index contributed by atoms with van der Waals surface area (Å²) in [6.07, 6.45) is 0. The van der Waals surface area contributed by atoms with Crippen LogP contribution in [0.2, 0.25) is 0 Å². The number of nitrogens with one attached hydrogen (secondary N) is 4. The molecular formula is C33H28F6N4O10. The van der Waals surface area contributed by atoms with Crippen LogP contribution in [0.25, 0.3) is 0 Å². The third-order valence-electron chi connectivity index (χ3n) is 6.52. The van der Waals surface area contributed by atoms with Crippen LogP contribution in [-0.4, -0.2) is 72.6 Å². The molecule has 14 nitrogen and oxygen atoms in total. The van der Waals surface area contributed by atoms with Crippen molar-refractivity contribution in [1.82, 2.24) is 11.0 Å². The Labute approximate surface area is 294 Å². The Kier molecular flexibility index (Phi) is 15.1. The van der Waals surface area contributed by atoms with E-state index in [1.165, 1.54) is 6.07 Å². The van der Waals surface area contributed by atoms with Gasteiger partial charge in [0.25, 0.3) is 11.8 Å². The van der Waals surface area contributed by atoms with Crippen LogP contribution in [0.3, 0.4) is 0 Å². The van der Waals surface area contributed by atoms with Gasteiger partial charge in [-0.1, -0.05) is 0 Å². The first-order valence-electron chi connectivity index (χ1n) is 14.7. The minimum absolute atomic E-state index is 0.0874.